The Morgan fingerprint density at radius 3 is 1.13 bits per heavy atom. The van der Waals surface area contributed by atoms with Gasteiger partial charge in [0.2, 0.25) is 0 Å². The van der Waals surface area contributed by atoms with Crippen LogP contribution in [0, 0.1) is 5.92 Å². The van der Waals surface area contributed by atoms with Gasteiger partial charge in [-0.1, -0.05) is 226 Å². The molecule has 2 heteroatoms. The molecule has 2 nitrogen and oxygen atoms in total. The fourth-order valence-corrected chi connectivity index (χ4v) is 6.79. The molecule has 0 aromatic heterocycles. The van der Waals surface area contributed by atoms with Crippen LogP contribution in [-0.2, 0) is 9.53 Å². The van der Waals surface area contributed by atoms with Gasteiger partial charge in [0.1, 0.15) is 0 Å². The Labute approximate surface area is 297 Å². The molecule has 0 aliphatic carbocycles. The van der Waals surface area contributed by atoms with Crippen LogP contribution in [0.4, 0.5) is 0 Å². The fraction of sp³-hybridized carbons (Fsp3) is 0.933. The van der Waals surface area contributed by atoms with Crippen LogP contribution in [0.1, 0.15) is 258 Å². The topological polar surface area (TPSA) is 26.3 Å². The van der Waals surface area contributed by atoms with Crippen molar-refractivity contribution in [2.45, 2.75) is 258 Å². The SMILES string of the molecule is CCCCCCCCC=CCCCCCCCCCCCC(=O)OCCCCCCCCCCCCCCCCCCCCC(C)C. The Hall–Kier alpha value is -0.790. The van der Waals surface area contributed by atoms with Crippen LogP contribution in [0.25, 0.3) is 0 Å². The van der Waals surface area contributed by atoms with Crippen molar-refractivity contribution in [2.24, 2.45) is 5.92 Å². The zero-order valence-corrected chi connectivity index (χ0v) is 32.9. The molecule has 0 N–H and O–H groups in total. The quantitative estimate of drug-likeness (QED) is 0.0371. The number of carbonyl (C=O) groups is 1. The van der Waals surface area contributed by atoms with Crippen molar-refractivity contribution in [3.63, 3.8) is 0 Å². The van der Waals surface area contributed by atoms with Gasteiger partial charge in [-0.25, -0.2) is 0 Å². The van der Waals surface area contributed by atoms with Crippen molar-refractivity contribution < 1.29 is 9.53 Å². The van der Waals surface area contributed by atoms with Crippen molar-refractivity contribution in [3.8, 4) is 0 Å². The molecular formula is C45H88O2. The molecule has 0 saturated heterocycles. The summed E-state index contributed by atoms with van der Waals surface area (Å²) in [7, 11) is 0. The molecule has 0 aliphatic heterocycles. The largest absolute Gasteiger partial charge is 0.466 e. The molecule has 0 amide bonds. The van der Waals surface area contributed by atoms with E-state index in [1.807, 2.05) is 0 Å². The molecule has 0 aliphatic rings. The lowest BCUT2D eigenvalue weighted by Crippen LogP contribution is -2.05. The number of carbonyl (C=O) groups excluding carboxylic acids is 1. The molecule has 0 unspecified atom stereocenters. The highest BCUT2D eigenvalue weighted by molar-refractivity contribution is 5.69. The number of ether oxygens (including phenoxy) is 1. The van der Waals surface area contributed by atoms with Crippen molar-refractivity contribution in [3.05, 3.63) is 12.2 Å². The number of esters is 1. The van der Waals surface area contributed by atoms with Crippen molar-refractivity contribution in [1.29, 1.82) is 0 Å². The Morgan fingerprint density at radius 2 is 0.745 bits per heavy atom. The standard InChI is InChI=1S/C45H88O2/c1-4-5-6-7-8-9-10-11-12-13-14-18-21-24-27-30-33-36-39-42-45(46)47-43-40-37-34-31-28-25-22-19-16-15-17-20-23-26-29-32-35-38-41-44(2)3/h11-12,44H,4-10,13-43H2,1-3H3. The van der Waals surface area contributed by atoms with Crippen molar-refractivity contribution in [1.82, 2.24) is 0 Å². The summed E-state index contributed by atoms with van der Waals surface area (Å²) < 4.78 is 5.48. The first-order valence-corrected chi connectivity index (χ1v) is 22.0. The number of hydrogen-bond donors (Lipinski definition) is 0. The molecule has 47 heavy (non-hydrogen) atoms. The van der Waals surface area contributed by atoms with Crippen LogP contribution in [0.15, 0.2) is 12.2 Å². The van der Waals surface area contributed by atoms with Gasteiger partial charge in [-0.3, -0.25) is 4.79 Å². The van der Waals surface area contributed by atoms with E-state index in [0.717, 1.165) is 18.8 Å². The zero-order chi connectivity index (χ0) is 34.1. The summed E-state index contributed by atoms with van der Waals surface area (Å²) in [6.07, 6.45) is 54.5. The van der Waals surface area contributed by atoms with Gasteiger partial charge in [-0.15, -0.1) is 0 Å². The van der Waals surface area contributed by atoms with Gasteiger partial charge in [-0.2, -0.15) is 0 Å². The van der Waals surface area contributed by atoms with Gasteiger partial charge in [0.15, 0.2) is 0 Å². The highest BCUT2D eigenvalue weighted by Gasteiger charge is 2.03. The average Bonchev–Trinajstić information content (AvgIpc) is 3.06. The van der Waals surface area contributed by atoms with Crippen molar-refractivity contribution >= 4 is 5.97 Å². The van der Waals surface area contributed by atoms with Crippen LogP contribution >= 0.6 is 0 Å². The third kappa shape index (κ3) is 43.2. The van der Waals surface area contributed by atoms with Crippen LogP contribution in [0.5, 0.6) is 0 Å². The predicted octanol–water partition coefficient (Wildman–Crippen LogP) is 16.2. The maximum atomic E-state index is 12.0. The fourth-order valence-electron chi connectivity index (χ4n) is 6.79. The first kappa shape index (κ1) is 46.2. The molecular weight excluding hydrogens is 572 g/mol. The van der Waals surface area contributed by atoms with E-state index in [0.29, 0.717) is 13.0 Å². The Balaban J connectivity index is 3.17. The van der Waals surface area contributed by atoms with E-state index in [2.05, 4.69) is 32.9 Å². The lowest BCUT2D eigenvalue weighted by molar-refractivity contribution is -0.143. The zero-order valence-electron chi connectivity index (χ0n) is 32.9. The van der Waals surface area contributed by atoms with Crippen molar-refractivity contribution in [2.75, 3.05) is 6.61 Å². The Bertz CT molecular complexity index is 609. The summed E-state index contributed by atoms with van der Waals surface area (Å²) in [6, 6.07) is 0. The predicted molar refractivity (Wildman–Crippen MR) is 211 cm³/mol. The summed E-state index contributed by atoms with van der Waals surface area (Å²) >= 11 is 0. The van der Waals surface area contributed by atoms with E-state index in [4.69, 9.17) is 4.74 Å². The lowest BCUT2D eigenvalue weighted by Gasteiger charge is -2.06. The molecule has 0 spiro atoms. The van der Waals surface area contributed by atoms with Crippen LogP contribution in [-0.4, -0.2) is 12.6 Å². The number of rotatable bonds is 40. The minimum absolute atomic E-state index is 0.0264. The maximum Gasteiger partial charge on any atom is 0.305 e. The third-order valence-corrected chi connectivity index (χ3v) is 10.1. The minimum atomic E-state index is 0.0264. The highest BCUT2D eigenvalue weighted by atomic mass is 16.5. The summed E-state index contributed by atoms with van der Waals surface area (Å²) in [5, 5.41) is 0. The van der Waals surface area contributed by atoms with Gasteiger partial charge in [0, 0.05) is 6.42 Å². The van der Waals surface area contributed by atoms with Gasteiger partial charge < -0.3 is 4.74 Å². The number of unbranched alkanes of at least 4 members (excludes halogenated alkanes) is 32. The van der Waals surface area contributed by atoms with Gasteiger partial charge >= 0.3 is 5.97 Å². The normalized spacial score (nSPS) is 11.7. The van der Waals surface area contributed by atoms with E-state index in [-0.39, 0.29) is 5.97 Å². The van der Waals surface area contributed by atoms with Gasteiger partial charge in [-0.05, 0) is 44.4 Å². The summed E-state index contributed by atoms with van der Waals surface area (Å²) in [5.41, 5.74) is 0. The van der Waals surface area contributed by atoms with Crippen LogP contribution in [0.3, 0.4) is 0 Å². The average molecular weight is 661 g/mol. The molecule has 0 aromatic carbocycles. The monoisotopic (exact) mass is 661 g/mol. The molecule has 0 rings (SSSR count). The van der Waals surface area contributed by atoms with E-state index < -0.39 is 0 Å². The summed E-state index contributed by atoms with van der Waals surface area (Å²) in [5.74, 6) is 0.907. The second-order valence-corrected chi connectivity index (χ2v) is 15.5. The number of hydrogen-bond acceptors (Lipinski definition) is 2. The molecule has 280 valence electrons. The maximum absolute atomic E-state index is 12.0. The van der Waals surface area contributed by atoms with E-state index in [9.17, 15) is 4.79 Å². The molecule has 0 bridgehead atoms. The highest BCUT2D eigenvalue weighted by Crippen LogP contribution is 2.16. The molecule has 0 heterocycles. The van der Waals surface area contributed by atoms with Gasteiger partial charge in [0.05, 0.1) is 6.61 Å². The van der Waals surface area contributed by atoms with E-state index >= 15 is 0 Å². The lowest BCUT2D eigenvalue weighted by atomic mass is 10.0. The minimum Gasteiger partial charge on any atom is -0.466 e. The first-order valence-electron chi connectivity index (χ1n) is 22.0. The summed E-state index contributed by atoms with van der Waals surface area (Å²) in [6.45, 7) is 7.60. The van der Waals surface area contributed by atoms with E-state index in [1.54, 1.807) is 0 Å². The smallest absolute Gasteiger partial charge is 0.305 e. The van der Waals surface area contributed by atoms with Gasteiger partial charge in [0.25, 0.3) is 0 Å². The van der Waals surface area contributed by atoms with Crippen LogP contribution in [0.2, 0.25) is 0 Å². The molecule has 0 saturated carbocycles. The Morgan fingerprint density at radius 1 is 0.426 bits per heavy atom. The molecule has 0 aromatic rings. The first-order chi connectivity index (χ1) is 23.2. The molecule has 0 atom stereocenters. The number of allylic oxidation sites excluding steroid dienone is 2. The molecule has 0 radical (unpaired) electrons. The molecule has 0 fully saturated rings. The Kier molecular flexibility index (Phi) is 40.7. The van der Waals surface area contributed by atoms with E-state index in [1.165, 1.54) is 218 Å². The summed E-state index contributed by atoms with van der Waals surface area (Å²) in [4.78, 5) is 12.0. The third-order valence-electron chi connectivity index (χ3n) is 10.1. The van der Waals surface area contributed by atoms with Crippen LogP contribution < -0.4 is 0 Å². The second kappa shape index (κ2) is 41.4. The second-order valence-electron chi connectivity index (χ2n) is 15.5.